The van der Waals surface area contributed by atoms with Crippen molar-refractivity contribution in [2.45, 2.75) is 12.1 Å². The van der Waals surface area contributed by atoms with Crippen molar-refractivity contribution in [1.82, 2.24) is 14.8 Å². The van der Waals surface area contributed by atoms with Crippen molar-refractivity contribution in [3.05, 3.63) is 89.3 Å². The Balaban J connectivity index is 1.62. The molecule has 9 nitrogen and oxygen atoms in total. The number of hydrogen-bond donors (Lipinski definition) is 1. The van der Waals surface area contributed by atoms with Crippen molar-refractivity contribution < 1.29 is 23.7 Å². The Bertz CT molecular complexity index is 1490. The second kappa shape index (κ2) is 9.09. The van der Waals surface area contributed by atoms with E-state index in [2.05, 4.69) is 15.4 Å². The molecule has 0 saturated carbocycles. The van der Waals surface area contributed by atoms with E-state index < -0.39 is 6.10 Å². The van der Waals surface area contributed by atoms with E-state index in [1.54, 1.807) is 34.8 Å². The zero-order valence-electron chi connectivity index (χ0n) is 20.9. The Morgan fingerprint density at radius 2 is 1.62 bits per heavy atom. The molecule has 4 aromatic rings. The molecule has 1 N–H and O–H groups in total. The first kappa shape index (κ1) is 22.8. The minimum atomic E-state index is -0.531. The SMILES string of the molecule is COc1ccc([C@H]2C3=C(Nc4ncnn42)c2ccccc2O[C@H]3c2ccc(OC)c(OC)c2OC)cc1. The van der Waals surface area contributed by atoms with Gasteiger partial charge >= 0.3 is 0 Å². The molecule has 3 aromatic carbocycles. The molecule has 3 heterocycles. The lowest BCUT2D eigenvalue weighted by Gasteiger charge is -2.39. The Hall–Kier alpha value is -4.66. The third kappa shape index (κ3) is 3.54. The van der Waals surface area contributed by atoms with Crippen molar-refractivity contribution in [3.8, 4) is 28.7 Å². The second-order valence-corrected chi connectivity index (χ2v) is 8.58. The van der Waals surface area contributed by atoms with Gasteiger partial charge in [0.2, 0.25) is 11.7 Å². The summed E-state index contributed by atoms with van der Waals surface area (Å²) in [6.07, 6.45) is 1.02. The van der Waals surface area contributed by atoms with Crippen LogP contribution < -0.4 is 29.0 Å². The molecule has 0 fully saturated rings. The summed E-state index contributed by atoms with van der Waals surface area (Å²) in [5, 5.41) is 8.10. The molecule has 2 aliphatic heterocycles. The van der Waals surface area contributed by atoms with Crippen LogP contribution >= 0.6 is 0 Å². The van der Waals surface area contributed by atoms with Gasteiger partial charge in [-0.3, -0.25) is 0 Å². The largest absolute Gasteiger partial charge is 0.497 e. The number of methoxy groups -OCH3 is 4. The maximum absolute atomic E-state index is 6.73. The fourth-order valence-electron chi connectivity index (χ4n) is 5.11. The monoisotopic (exact) mass is 498 g/mol. The summed E-state index contributed by atoms with van der Waals surface area (Å²) >= 11 is 0. The Labute approximate surface area is 214 Å². The van der Waals surface area contributed by atoms with Crippen LogP contribution in [0.25, 0.3) is 5.70 Å². The summed E-state index contributed by atoms with van der Waals surface area (Å²) in [5.74, 6) is 3.77. The molecule has 1 aromatic heterocycles. The van der Waals surface area contributed by atoms with Gasteiger partial charge in [0.25, 0.3) is 0 Å². The lowest BCUT2D eigenvalue weighted by atomic mass is 9.84. The molecule has 0 radical (unpaired) electrons. The van der Waals surface area contributed by atoms with E-state index >= 15 is 0 Å². The van der Waals surface area contributed by atoms with Gasteiger partial charge in [-0.15, -0.1) is 0 Å². The van der Waals surface area contributed by atoms with E-state index in [1.165, 1.54) is 0 Å². The fourth-order valence-corrected chi connectivity index (χ4v) is 5.11. The van der Waals surface area contributed by atoms with Crippen LogP contribution in [0.3, 0.4) is 0 Å². The van der Waals surface area contributed by atoms with Crippen molar-refractivity contribution in [2.75, 3.05) is 33.8 Å². The number of para-hydroxylation sites is 1. The summed E-state index contributed by atoms with van der Waals surface area (Å²) < 4.78 is 31.1. The van der Waals surface area contributed by atoms with Crippen molar-refractivity contribution in [2.24, 2.45) is 0 Å². The number of aromatic nitrogens is 3. The van der Waals surface area contributed by atoms with Gasteiger partial charge in [-0.1, -0.05) is 24.3 Å². The maximum atomic E-state index is 6.73. The highest BCUT2D eigenvalue weighted by atomic mass is 16.5. The van der Waals surface area contributed by atoms with Gasteiger partial charge < -0.3 is 29.0 Å². The zero-order chi connectivity index (χ0) is 25.5. The van der Waals surface area contributed by atoms with Crippen LogP contribution in [0.4, 0.5) is 5.95 Å². The third-order valence-electron chi connectivity index (χ3n) is 6.77. The zero-order valence-corrected chi connectivity index (χ0v) is 20.9. The van der Waals surface area contributed by atoms with Gasteiger partial charge in [0.15, 0.2) is 17.6 Å². The molecule has 9 heteroatoms. The number of nitrogens with zero attached hydrogens (tertiary/aromatic N) is 3. The van der Waals surface area contributed by atoms with Crippen LogP contribution in [0.5, 0.6) is 28.7 Å². The minimum absolute atomic E-state index is 0.309. The molecular formula is C28H26N4O5. The maximum Gasteiger partial charge on any atom is 0.226 e. The summed E-state index contributed by atoms with van der Waals surface area (Å²) in [5.41, 5.74) is 4.64. The molecule has 0 spiro atoms. The van der Waals surface area contributed by atoms with Crippen LogP contribution in [-0.4, -0.2) is 43.2 Å². The van der Waals surface area contributed by atoms with Crippen molar-refractivity contribution in [1.29, 1.82) is 0 Å². The van der Waals surface area contributed by atoms with Gasteiger partial charge in [-0.2, -0.15) is 10.1 Å². The fraction of sp³-hybridized carbons (Fsp3) is 0.214. The van der Waals surface area contributed by atoms with Crippen LogP contribution in [0, 0.1) is 0 Å². The highest BCUT2D eigenvalue weighted by molar-refractivity contribution is 5.85. The van der Waals surface area contributed by atoms with E-state index in [4.69, 9.17) is 23.7 Å². The first-order chi connectivity index (χ1) is 18.2. The summed E-state index contributed by atoms with van der Waals surface area (Å²) in [4.78, 5) is 4.49. The van der Waals surface area contributed by atoms with E-state index in [9.17, 15) is 0 Å². The number of fused-ring (bicyclic) bond motifs is 3. The van der Waals surface area contributed by atoms with Gasteiger partial charge in [0.05, 0.1) is 34.1 Å². The summed E-state index contributed by atoms with van der Waals surface area (Å²) in [7, 11) is 6.46. The lowest BCUT2D eigenvalue weighted by Crippen LogP contribution is -2.32. The highest BCUT2D eigenvalue weighted by Crippen LogP contribution is 2.54. The normalized spacial score (nSPS) is 17.5. The van der Waals surface area contributed by atoms with Crippen molar-refractivity contribution >= 4 is 11.6 Å². The van der Waals surface area contributed by atoms with Gasteiger partial charge in [0, 0.05) is 16.7 Å². The van der Waals surface area contributed by atoms with E-state index in [0.29, 0.717) is 23.2 Å². The molecule has 2 aliphatic rings. The molecule has 37 heavy (non-hydrogen) atoms. The topological polar surface area (TPSA) is 88.9 Å². The number of hydrogen-bond acceptors (Lipinski definition) is 8. The molecule has 0 amide bonds. The molecule has 0 aliphatic carbocycles. The Morgan fingerprint density at radius 1 is 0.838 bits per heavy atom. The molecule has 188 valence electrons. The Kier molecular flexibility index (Phi) is 5.60. The Morgan fingerprint density at radius 3 is 2.35 bits per heavy atom. The first-order valence-electron chi connectivity index (χ1n) is 11.8. The molecule has 2 atom stereocenters. The van der Waals surface area contributed by atoms with E-state index in [0.717, 1.165) is 39.5 Å². The predicted molar refractivity (Wildman–Crippen MR) is 138 cm³/mol. The number of ether oxygens (including phenoxy) is 5. The summed E-state index contributed by atoms with van der Waals surface area (Å²) in [6.45, 7) is 0. The standard InChI is InChI=1S/C28H26N4O5/c1-33-17-11-9-16(10-12-17)24-22-23(31-28-29-15-30-32(24)28)18-7-5-6-8-20(18)37-25(22)19-13-14-21(34-2)27(36-4)26(19)35-3/h5-15,24-25H,1-4H3,(H,29,30,31)/t24-,25-/m0/s1. The van der Waals surface area contributed by atoms with Gasteiger partial charge in [-0.05, 0) is 42.0 Å². The van der Waals surface area contributed by atoms with Gasteiger partial charge in [-0.25, -0.2) is 4.68 Å². The number of benzene rings is 3. The molecule has 0 saturated heterocycles. The lowest BCUT2D eigenvalue weighted by molar-refractivity contribution is 0.215. The van der Waals surface area contributed by atoms with Crippen LogP contribution in [0.2, 0.25) is 0 Å². The minimum Gasteiger partial charge on any atom is -0.497 e. The number of anilines is 1. The van der Waals surface area contributed by atoms with Gasteiger partial charge in [0.1, 0.15) is 23.9 Å². The predicted octanol–water partition coefficient (Wildman–Crippen LogP) is 4.87. The van der Waals surface area contributed by atoms with Crippen LogP contribution in [0.1, 0.15) is 28.8 Å². The smallest absolute Gasteiger partial charge is 0.226 e. The van der Waals surface area contributed by atoms with Crippen molar-refractivity contribution in [3.63, 3.8) is 0 Å². The molecule has 0 bridgehead atoms. The third-order valence-corrected chi connectivity index (χ3v) is 6.77. The highest BCUT2D eigenvalue weighted by Gasteiger charge is 2.42. The molecule has 6 rings (SSSR count). The second-order valence-electron chi connectivity index (χ2n) is 8.58. The average Bonchev–Trinajstić information content (AvgIpc) is 3.43. The molecular weight excluding hydrogens is 472 g/mol. The molecule has 0 unspecified atom stereocenters. The average molecular weight is 499 g/mol. The van der Waals surface area contributed by atoms with E-state index in [-0.39, 0.29) is 6.04 Å². The van der Waals surface area contributed by atoms with Crippen LogP contribution in [0.15, 0.2) is 72.6 Å². The quantitative estimate of drug-likeness (QED) is 0.403. The van der Waals surface area contributed by atoms with E-state index in [1.807, 2.05) is 65.3 Å². The summed E-state index contributed by atoms with van der Waals surface area (Å²) in [6, 6.07) is 19.4. The first-order valence-corrected chi connectivity index (χ1v) is 11.8. The number of nitrogens with one attached hydrogen (secondary N) is 1. The number of rotatable bonds is 6. The van der Waals surface area contributed by atoms with Crippen LogP contribution in [-0.2, 0) is 0 Å².